The Labute approximate surface area is 51.3 Å². The molecule has 0 rings (SSSR count). The average Bonchev–Trinajstić information content (AvgIpc) is 0.722. The van der Waals surface area contributed by atoms with Crippen molar-refractivity contribution < 1.29 is 23.9 Å². The predicted octanol–water partition coefficient (Wildman–Crippen LogP) is -0.192. The van der Waals surface area contributed by atoms with Crippen molar-refractivity contribution in [3.8, 4) is 0 Å². The van der Waals surface area contributed by atoms with E-state index < -0.39 is 7.82 Å². The lowest BCUT2D eigenvalue weighted by Gasteiger charge is -1.82. The van der Waals surface area contributed by atoms with Crippen molar-refractivity contribution in [1.29, 1.82) is 0 Å². The summed E-state index contributed by atoms with van der Waals surface area (Å²) in [5.41, 5.74) is 0. The maximum Gasteiger partial charge on any atom is 0.466 e. The summed E-state index contributed by atoms with van der Waals surface area (Å²) < 4.78 is 8.88. The van der Waals surface area contributed by atoms with Crippen LogP contribution in [0.15, 0.2) is 0 Å². The Morgan fingerprint density at radius 1 is 1.12 bits per heavy atom. The molecule has 5 nitrogen and oxygen atoms in total. The van der Waals surface area contributed by atoms with Gasteiger partial charge in [0.05, 0.1) is 0 Å². The summed E-state index contributed by atoms with van der Waals surface area (Å²) >= 11 is 0. The number of phosphoric acid groups is 1. The van der Waals surface area contributed by atoms with E-state index in [0.717, 1.165) is 0 Å². The summed E-state index contributed by atoms with van der Waals surface area (Å²) in [6.07, 6.45) is 0. The summed E-state index contributed by atoms with van der Waals surface area (Å²) in [7, 11) is -4.64. The van der Waals surface area contributed by atoms with Gasteiger partial charge in [-0.05, 0) is 0 Å². The van der Waals surface area contributed by atoms with Crippen molar-refractivity contribution in [3.05, 3.63) is 0 Å². The van der Waals surface area contributed by atoms with E-state index in [1.807, 2.05) is 0 Å². The van der Waals surface area contributed by atoms with E-state index in [0.29, 0.717) is 0 Å². The van der Waals surface area contributed by atoms with Crippen molar-refractivity contribution in [3.63, 3.8) is 0 Å². The van der Waals surface area contributed by atoms with Crippen LogP contribution in [0.2, 0.25) is 0 Å². The van der Waals surface area contributed by atoms with Crippen molar-refractivity contribution >= 4 is 20.2 Å². The first-order chi connectivity index (χ1) is 2.00. The maximum atomic E-state index is 8.88. The fourth-order valence-corrected chi connectivity index (χ4v) is 0. The zero-order chi connectivity index (χ0) is 4.50. The lowest BCUT2D eigenvalue weighted by molar-refractivity contribution is 0.275. The highest BCUT2D eigenvalue weighted by atomic mass is 35.5. The summed E-state index contributed by atoms with van der Waals surface area (Å²) in [5.74, 6) is 0. The molecule has 8 heteroatoms. The molecule has 0 radical (unpaired) electrons. The quantitative estimate of drug-likeness (QED) is 0.377. The average molecular weight is 171 g/mol. The molecule has 0 unspecified atom stereocenters. The summed E-state index contributed by atoms with van der Waals surface area (Å²) in [6, 6.07) is 0. The van der Waals surface area contributed by atoms with Crippen LogP contribution in [-0.2, 0) is 4.57 Å². The van der Waals surface area contributed by atoms with Gasteiger partial charge < -0.3 is 20.8 Å². The highest BCUT2D eigenvalue weighted by Gasteiger charge is 2.00. The Hall–Kier alpha value is 0.290. The number of rotatable bonds is 0. The first-order valence-corrected chi connectivity index (χ1v) is 2.35. The molecule has 0 saturated carbocycles. The molecule has 0 aliphatic heterocycles. The SMILES string of the molecule is Cl.F.N.O=P(O)(O)O. The summed E-state index contributed by atoms with van der Waals surface area (Å²) in [6.45, 7) is 0. The standard InChI is InChI=1S/ClH.FH.H3N.H3O4P/c;;;1-5(2,3)4/h2*1H;1H3;(H3,1,2,3,4). The Balaban J connectivity index is -0.0000000267. The predicted molar refractivity (Wildman–Crippen MR) is 29.0 cm³/mol. The minimum absolute atomic E-state index is 0. The van der Waals surface area contributed by atoms with E-state index in [4.69, 9.17) is 19.2 Å². The van der Waals surface area contributed by atoms with E-state index in [1.165, 1.54) is 0 Å². The van der Waals surface area contributed by atoms with Crippen LogP contribution in [0.5, 0.6) is 0 Å². The monoisotopic (exact) mass is 171 g/mol. The molecule has 0 bridgehead atoms. The molecule has 0 spiro atoms. The fraction of sp³-hybridized carbons (Fsp3) is 0. The van der Waals surface area contributed by atoms with E-state index in [9.17, 15) is 0 Å². The molecule has 6 N–H and O–H groups in total. The Bertz CT molecular complexity index is 62.2. The first-order valence-electron chi connectivity index (χ1n) is 0.783. The lowest BCUT2D eigenvalue weighted by Crippen LogP contribution is -1.66. The Morgan fingerprint density at radius 3 is 1.12 bits per heavy atom. The minimum atomic E-state index is -4.64. The van der Waals surface area contributed by atoms with Gasteiger partial charge in [-0.15, -0.1) is 12.4 Å². The molecule has 0 aliphatic rings. The maximum absolute atomic E-state index is 8.88. The second-order valence-corrected chi connectivity index (χ2v) is 1.54. The highest BCUT2D eigenvalue weighted by Crippen LogP contribution is 2.25. The lowest BCUT2D eigenvalue weighted by atomic mass is 14.0. The molecule has 0 saturated heterocycles. The minimum Gasteiger partial charge on any atom is -0.344 e. The van der Waals surface area contributed by atoms with E-state index in [1.54, 1.807) is 0 Å². The van der Waals surface area contributed by atoms with Gasteiger partial charge in [-0.25, -0.2) is 4.57 Å². The van der Waals surface area contributed by atoms with Crippen LogP contribution in [0.3, 0.4) is 0 Å². The smallest absolute Gasteiger partial charge is 0.344 e. The number of hydrogen-bond donors (Lipinski definition) is 4. The molecule has 0 aliphatic carbocycles. The van der Waals surface area contributed by atoms with Gasteiger partial charge >= 0.3 is 7.82 Å². The number of halogens is 2. The van der Waals surface area contributed by atoms with Crippen molar-refractivity contribution in [2.75, 3.05) is 0 Å². The third-order valence-electron chi connectivity index (χ3n) is 0. The molecular formula is H8ClFNO4P. The molecule has 0 heterocycles. The van der Waals surface area contributed by atoms with Crippen LogP contribution < -0.4 is 6.15 Å². The molecule has 56 valence electrons. The molecule has 0 aromatic carbocycles. The molecule has 0 aromatic rings. The van der Waals surface area contributed by atoms with E-state index in [2.05, 4.69) is 0 Å². The fourth-order valence-electron chi connectivity index (χ4n) is 0. The van der Waals surface area contributed by atoms with Gasteiger partial charge in [0, 0.05) is 0 Å². The molecule has 0 aromatic heterocycles. The third-order valence-corrected chi connectivity index (χ3v) is 0. The van der Waals surface area contributed by atoms with Crippen LogP contribution >= 0.6 is 20.2 Å². The van der Waals surface area contributed by atoms with E-state index in [-0.39, 0.29) is 23.3 Å². The normalized spacial score (nSPS) is 7.38. The topological polar surface area (TPSA) is 113 Å². The molecule has 8 heavy (non-hydrogen) atoms. The van der Waals surface area contributed by atoms with Crippen LogP contribution in [0, 0.1) is 0 Å². The zero-order valence-electron chi connectivity index (χ0n) is 3.72. The van der Waals surface area contributed by atoms with Crippen molar-refractivity contribution in [2.24, 2.45) is 0 Å². The van der Waals surface area contributed by atoms with Gasteiger partial charge in [-0.2, -0.15) is 0 Å². The van der Waals surface area contributed by atoms with Crippen molar-refractivity contribution in [2.45, 2.75) is 0 Å². The molecule has 0 atom stereocenters. The van der Waals surface area contributed by atoms with Crippen LogP contribution in [0.1, 0.15) is 0 Å². The number of hydrogen-bond acceptors (Lipinski definition) is 2. The second-order valence-electron chi connectivity index (χ2n) is 0.513. The molecule has 0 amide bonds. The van der Waals surface area contributed by atoms with E-state index >= 15 is 0 Å². The van der Waals surface area contributed by atoms with Gasteiger partial charge in [0.25, 0.3) is 0 Å². The van der Waals surface area contributed by atoms with Gasteiger partial charge in [-0.1, -0.05) is 0 Å². The third kappa shape index (κ3) is 2090. The van der Waals surface area contributed by atoms with Crippen LogP contribution in [0.25, 0.3) is 0 Å². The van der Waals surface area contributed by atoms with Gasteiger partial charge in [0.1, 0.15) is 0 Å². The van der Waals surface area contributed by atoms with Gasteiger partial charge in [0.2, 0.25) is 0 Å². The Kier molecular flexibility index (Phi) is 21.8. The Morgan fingerprint density at radius 2 is 1.12 bits per heavy atom. The summed E-state index contributed by atoms with van der Waals surface area (Å²) in [5, 5.41) is 0. The first kappa shape index (κ1) is 23.9. The van der Waals surface area contributed by atoms with Crippen LogP contribution in [-0.4, -0.2) is 14.7 Å². The highest BCUT2D eigenvalue weighted by molar-refractivity contribution is 7.45. The second kappa shape index (κ2) is 7.29. The largest absolute Gasteiger partial charge is 0.466 e. The molecular weight excluding hydrogens is 163 g/mol. The molecule has 0 fully saturated rings. The van der Waals surface area contributed by atoms with Gasteiger partial charge in [0.15, 0.2) is 0 Å². The zero-order valence-corrected chi connectivity index (χ0v) is 5.43. The van der Waals surface area contributed by atoms with Crippen LogP contribution in [0.4, 0.5) is 4.70 Å². The van der Waals surface area contributed by atoms with Gasteiger partial charge in [-0.3, -0.25) is 4.70 Å². The van der Waals surface area contributed by atoms with Crippen molar-refractivity contribution in [1.82, 2.24) is 6.15 Å². The summed E-state index contributed by atoms with van der Waals surface area (Å²) in [4.78, 5) is 21.6.